The summed E-state index contributed by atoms with van der Waals surface area (Å²) in [7, 11) is 0. The summed E-state index contributed by atoms with van der Waals surface area (Å²) in [6.45, 7) is 5.69. The van der Waals surface area contributed by atoms with Gasteiger partial charge in [-0.15, -0.1) is 11.6 Å². The van der Waals surface area contributed by atoms with Crippen LogP contribution in [0.5, 0.6) is 0 Å². The average molecular weight is 204 g/mol. The van der Waals surface area contributed by atoms with Gasteiger partial charge in [0.25, 0.3) is 0 Å². The van der Waals surface area contributed by atoms with Gasteiger partial charge in [0.1, 0.15) is 0 Å². The fourth-order valence-corrected chi connectivity index (χ4v) is 2.23. The molecular formula is C11H22ClN. The lowest BCUT2D eigenvalue weighted by molar-refractivity contribution is 0.389. The van der Waals surface area contributed by atoms with Gasteiger partial charge in [0.15, 0.2) is 0 Å². The van der Waals surface area contributed by atoms with E-state index in [0.29, 0.717) is 11.5 Å². The Morgan fingerprint density at radius 2 is 1.92 bits per heavy atom. The Bertz CT molecular complexity index is 139. The number of hydrogen-bond acceptors (Lipinski definition) is 1. The third-order valence-corrected chi connectivity index (χ3v) is 3.52. The second-order valence-corrected chi connectivity index (χ2v) is 4.71. The molecule has 0 unspecified atom stereocenters. The molecule has 0 heterocycles. The number of nitrogens with one attached hydrogen (secondary N) is 1. The third-order valence-electron chi connectivity index (χ3n) is 3.33. The molecule has 1 nitrogen and oxygen atoms in total. The largest absolute Gasteiger partial charge is 0.313 e. The van der Waals surface area contributed by atoms with Crippen molar-refractivity contribution in [3.63, 3.8) is 0 Å². The van der Waals surface area contributed by atoms with Gasteiger partial charge in [-0.05, 0) is 37.5 Å². The maximum absolute atomic E-state index is 5.78. The highest BCUT2D eigenvalue weighted by Crippen LogP contribution is 2.48. The highest BCUT2D eigenvalue weighted by atomic mass is 35.5. The predicted molar refractivity (Wildman–Crippen MR) is 59.4 cm³/mol. The van der Waals surface area contributed by atoms with Crippen LogP contribution < -0.4 is 5.32 Å². The number of hydrogen-bond donors (Lipinski definition) is 1. The topological polar surface area (TPSA) is 12.0 Å². The Hall–Kier alpha value is 0.250. The molecule has 1 fully saturated rings. The van der Waals surface area contributed by atoms with Crippen molar-refractivity contribution in [3.8, 4) is 0 Å². The lowest BCUT2D eigenvalue weighted by Crippen LogP contribution is -2.33. The van der Waals surface area contributed by atoms with Crippen LogP contribution in [0.2, 0.25) is 0 Å². The van der Waals surface area contributed by atoms with Gasteiger partial charge in [-0.1, -0.05) is 13.8 Å². The zero-order chi connectivity index (χ0) is 9.73. The molecule has 0 amide bonds. The Morgan fingerprint density at radius 1 is 1.31 bits per heavy atom. The highest BCUT2D eigenvalue weighted by Gasteiger charge is 2.41. The van der Waals surface area contributed by atoms with Gasteiger partial charge in [0.2, 0.25) is 0 Å². The summed E-state index contributed by atoms with van der Waals surface area (Å²) >= 11 is 5.78. The first kappa shape index (κ1) is 11.3. The maximum Gasteiger partial charge on any atom is 0.0229 e. The summed E-state index contributed by atoms with van der Waals surface area (Å²) in [6.07, 6.45) is 6.45. The zero-order valence-electron chi connectivity index (χ0n) is 8.91. The number of halogens is 1. The van der Waals surface area contributed by atoms with Gasteiger partial charge in [-0.25, -0.2) is 0 Å². The van der Waals surface area contributed by atoms with Crippen molar-refractivity contribution in [1.29, 1.82) is 0 Å². The molecule has 1 aliphatic rings. The van der Waals surface area contributed by atoms with Gasteiger partial charge in [0, 0.05) is 18.5 Å². The monoisotopic (exact) mass is 203 g/mol. The van der Waals surface area contributed by atoms with Crippen molar-refractivity contribution in [2.24, 2.45) is 5.41 Å². The third kappa shape index (κ3) is 3.47. The predicted octanol–water partition coefficient (Wildman–Crippen LogP) is 3.17. The summed E-state index contributed by atoms with van der Waals surface area (Å²) in [5.74, 6) is 0.824. The van der Waals surface area contributed by atoms with E-state index in [2.05, 4.69) is 19.2 Å². The van der Waals surface area contributed by atoms with Crippen LogP contribution in [0.15, 0.2) is 0 Å². The normalized spacial score (nSPS) is 19.4. The quantitative estimate of drug-likeness (QED) is 0.627. The van der Waals surface area contributed by atoms with Crippen LogP contribution in [-0.2, 0) is 0 Å². The molecule has 13 heavy (non-hydrogen) atoms. The minimum absolute atomic E-state index is 0.588. The fourth-order valence-electron chi connectivity index (χ4n) is 1.83. The summed E-state index contributed by atoms with van der Waals surface area (Å²) in [6, 6.07) is 0.716. The van der Waals surface area contributed by atoms with E-state index in [1.165, 1.54) is 38.6 Å². The van der Waals surface area contributed by atoms with E-state index in [9.17, 15) is 0 Å². The van der Waals surface area contributed by atoms with E-state index >= 15 is 0 Å². The van der Waals surface area contributed by atoms with Crippen LogP contribution in [-0.4, -0.2) is 18.5 Å². The molecule has 0 spiro atoms. The Labute approximate surface area is 87.2 Å². The fraction of sp³-hybridized carbons (Fsp3) is 1.00. The van der Waals surface area contributed by atoms with Crippen molar-refractivity contribution >= 4 is 11.6 Å². The first-order chi connectivity index (χ1) is 6.26. The van der Waals surface area contributed by atoms with E-state index in [1.807, 2.05) is 0 Å². The molecular weight excluding hydrogens is 182 g/mol. The van der Waals surface area contributed by atoms with Crippen molar-refractivity contribution in [1.82, 2.24) is 5.32 Å². The summed E-state index contributed by atoms with van der Waals surface area (Å²) in [5.41, 5.74) is 0.588. The minimum Gasteiger partial charge on any atom is -0.313 e. The summed E-state index contributed by atoms with van der Waals surface area (Å²) < 4.78 is 0. The second-order valence-electron chi connectivity index (χ2n) is 4.33. The van der Waals surface area contributed by atoms with Crippen LogP contribution in [0.1, 0.15) is 46.0 Å². The van der Waals surface area contributed by atoms with Gasteiger partial charge >= 0.3 is 0 Å². The number of rotatable bonds is 7. The molecule has 2 heteroatoms. The van der Waals surface area contributed by atoms with Crippen LogP contribution in [0, 0.1) is 5.41 Å². The Balaban J connectivity index is 2.17. The van der Waals surface area contributed by atoms with E-state index < -0.39 is 0 Å². The second kappa shape index (κ2) is 5.21. The van der Waals surface area contributed by atoms with Crippen LogP contribution in [0.25, 0.3) is 0 Å². The van der Waals surface area contributed by atoms with Crippen molar-refractivity contribution in [2.45, 2.75) is 52.0 Å². The van der Waals surface area contributed by atoms with Gasteiger partial charge in [-0.2, -0.15) is 0 Å². The van der Waals surface area contributed by atoms with Crippen molar-refractivity contribution in [2.75, 3.05) is 12.4 Å². The Morgan fingerprint density at radius 3 is 2.31 bits per heavy atom. The lowest BCUT2D eigenvalue weighted by Gasteiger charge is -2.20. The van der Waals surface area contributed by atoms with Crippen molar-refractivity contribution < 1.29 is 0 Å². The lowest BCUT2D eigenvalue weighted by atomic mass is 10.0. The van der Waals surface area contributed by atoms with Gasteiger partial charge in [-0.3, -0.25) is 0 Å². The molecule has 0 aromatic carbocycles. The first-order valence-corrected chi connectivity index (χ1v) is 6.09. The standard InChI is InChI=1S/C11H22ClN/c1-3-10(4-2)13-9-11(5-6-11)7-8-12/h10,13H,3-9H2,1-2H3. The minimum atomic E-state index is 0.588. The molecule has 1 aliphatic carbocycles. The summed E-state index contributed by atoms with van der Waals surface area (Å²) in [5, 5.41) is 3.65. The van der Waals surface area contributed by atoms with Gasteiger partial charge < -0.3 is 5.32 Å². The van der Waals surface area contributed by atoms with E-state index in [1.54, 1.807) is 0 Å². The molecule has 1 saturated carbocycles. The molecule has 1 rings (SSSR count). The highest BCUT2D eigenvalue weighted by molar-refractivity contribution is 6.17. The summed E-state index contributed by atoms with van der Waals surface area (Å²) in [4.78, 5) is 0. The molecule has 0 bridgehead atoms. The molecule has 0 saturated heterocycles. The molecule has 0 aromatic heterocycles. The maximum atomic E-state index is 5.78. The van der Waals surface area contributed by atoms with E-state index in [0.717, 1.165) is 5.88 Å². The van der Waals surface area contributed by atoms with Crippen LogP contribution in [0.4, 0.5) is 0 Å². The molecule has 1 N–H and O–H groups in total. The van der Waals surface area contributed by atoms with Gasteiger partial charge in [0.05, 0.1) is 0 Å². The average Bonchev–Trinajstić information content (AvgIpc) is 2.88. The molecule has 0 radical (unpaired) electrons. The van der Waals surface area contributed by atoms with Crippen LogP contribution >= 0.6 is 11.6 Å². The van der Waals surface area contributed by atoms with E-state index in [4.69, 9.17) is 11.6 Å². The van der Waals surface area contributed by atoms with Crippen molar-refractivity contribution in [3.05, 3.63) is 0 Å². The number of alkyl halides is 1. The molecule has 0 aliphatic heterocycles. The van der Waals surface area contributed by atoms with E-state index in [-0.39, 0.29) is 0 Å². The zero-order valence-corrected chi connectivity index (χ0v) is 9.66. The molecule has 78 valence electrons. The molecule has 0 aromatic rings. The van der Waals surface area contributed by atoms with Crippen LogP contribution in [0.3, 0.4) is 0 Å². The Kier molecular flexibility index (Phi) is 4.54. The molecule has 0 atom stereocenters. The SMILES string of the molecule is CCC(CC)NCC1(CCCl)CC1. The smallest absolute Gasteiger partial charge is 0.0229 e. The first-order valence-electron chi connectivity index (χ1n) is 5.55.